The molecule has 4 nitrogen and oxygen atoms in total. The Morgan fingerprint density at radius 3 is 2.75 bits per heavy atom. The van der Waals surface area contributed by atoms with Crippen LogP contribution in [-0.4, -0.2) is 23.0 Å². The van der Waals surface area contributed by atoms with Crippen LogP contribution in [0.5, 0.6) is 5.88 Å². The zero-order chi connectivity index (χ0) is 14.4. The normalized spacial score (nSPS) is 22.7. The van der Waals surface area contributed by atoms with Crippen molar-refractivity contribution >= 4 is 17.5 Å². The summed E-state index contributed by atoms with van der Waals surface area (Å²) in [6.45, 7) is 1.84. The maximum atomic E-state index is 11.5. The average Bonchev–Trinajstić information content (AvgIpc) is 2.44. The van der Waals surface area contributed by atoms with Crippen molar-refractivity contribution < 1.29 is 9.53 Å². The highest BCUT2D eigenvalue weighted by atomic mass is 35.5. The third kappa shape index (κ3) is 4.53. The van der Waals surface area contributed by atoms with Crippen LogP contribution in [0.15, 0.2) is 30.5 Å². The quantitative estimate of drug-likeness (QED) is 0.868. The summed E-state index contributed by atoms with van der Waals surface area (Å²) >= 11 is 5.78. The molecule has 0 radical (unpaired) electrons. The first-order chi connectivity index (χ1) is 9.67. The number of hydrogen-bond acceptors (Lipinski definition) is 3. The number of nitrogens with one attached hydrogen (secondary N) is 1. The van der Waals surface area contributed by atoms with Crippen molar-refractivity contribution in [2.75, 3.05) is 0 Å². The third-order valence-electron chi connectivity index (χ3n) is 3.33. The van der Waals surface area contributed by atoms with Gasteiger partial charge in [-0.2, -0.15) is 0 Å². The maximum absolute atomic E-state index is 11.5. The van der Waals surface area contributed by atoms with Crippen LogP contribution in [0.25, 0.3) is 0 Å². The van der Waals surface area contributed by atoms with Crippen LogP contribution >= 0.6 is 11.6 Å². The molecule has 0 saturated heterocycles. The molecule has 1 heterocycles. The summed E-state index contributed by atoms with van der Waals surface area (Å²) in [7, 11) is 0. The minimum Gasteiger partial charge on any atom is -0.474 e. The first-order valence-electron chi connectivity index (χ1n) is 6.89. The van der Waals surface area contributed by atoms with E-state index in [1.807, 2.05) is 6.92 Å². The van der Waals surface area contributed by atoms with Crippen LogP contribution in [0, 0.1) is 0 Å². The number of carbonyl (C=O) groups excluding carboxylic acids is 1. The van der Waals surface area contributed by atoms with Gasteiger partial charge in [-0.05, 0) is 44.7 Å². The number of pyridine rings is 1. The fraction of sp³-hybridized carbons (Fsp3) is 0.467. The predicted molar refractivity (Wildman–Crippen MR) is 78.9 cm³/mol. The molecule has 1 aliphatic rings. The van der Waals surface area contributed by atoms with Gasteiger partial charge in [0.2, 0.25) is 11.8 Å². The van der Waals surface area contributed by atoms with Gasteiger partial charge in [0.25, 0.3) is 0 Å². The Bertz CT molecular complexity index is 465. The van der Waals surface area contributed by atoms with E-state index < -0.39 is 0 Å². The lowest BCUT2D eigenvalue weighted by molar-refractivity contribution is -0.117. The van der Waals surface area contributed by atoms with Gasteiger partial charge in [0, 0.05) is 18.3 Å². The molecule has 1 aromatic heterocycles. The number of carbonyl (C=O) groups is 1. The van der Waals surface area contributed by atoms with Crippen LogP contribution in [-0.2, 0) is 4.79 Å². The Labute approximate surface area is 124 Å². The van der Waals surface area contributed by atoms with E-state index in [-0.39, 0.29) is 18.1 Å². The lowest BCUT2D eigenvalue weighted by Gasteiger charge is -2.28. The molecule has 1 aliphatic carbocycles. The minimum absolute atomic E-state index is 0.0174. The Morgan fingerprint density at radius 2 is 2.15 bits per heavy atom. The second kappa shape index (κ2) is 7.29. The molecule has 5 heteroatoms. The Kier molecular flexibility index (Phi) is 5.41. The second-order valence-corrected chi connectivity index (χ2v) is 5.35. The summed E-state index contributed by atoms with van der Waals surface area (Å²) in [6, 6.07) is 3.80. The lowest BCUT2D eigenvalue weighted by atomic mass is 9.93. The van der Waals surface area contributed by atoms with E-state index in [1.165, 1.54) is 0 Å². The molecule has 0 aromatic carbocycles. The van der Waals surface area contributed by atoms with Crippen molar-refractivity contribution in [1.29, 1.82) is 0 Å². The molecule has 1 amide bonds. The van der Waals surface area contributed by atoms with E-state index in [4.69, 9.17) is 16.3 Å². The summed E-state index contributed by atoms with van der Waals surface area (Å²) in [4.78, 5) is 15.6. The number of amides is 1. The highest BCUT2D eigenvalue weighted by molar-refractivity contribution is 6.30. The molecule has 1 N–H and O–H groups in total. The van der Waals surface area contributed by atoms with E-state index in [9.17, 15) is 4.79 Å². The van der Waals surface area contributed by atoms with Crippen LogP contribution in [0.1, 0.15) is 32.6 Å². The molecule has 1 saturated carbocycles. The highest BCUT2D eigenvalue weighted by Gasteiger charge is 2.23. The molecule has 0 spiro atoms. The number of rotatable bonds is 4. The summed E-state index contributed by atoms with van der Waals surface area (Å²) in [6.07, 6.45) is 8.76. The number of nitrogens with zero attached hydrogens (tertiary/aromatic N) is 1. The van der Waals surface area contributed by atoms with Crippen molar-refractivity contribution in [2.45, 2.75) is 44.8 Å². The van der Waals surface area contributed by atoms with Gasteiger partial charge in [0.1, 0.15) is 6.10 Å². The molecule has 20 heavy (non-hydrogen) atoms. The SMILES string of the molecule is C/C=C/C(=O)NC1CCC(Oc2ccc(Cl)cn2)CC1. The molecule has 0 unspecified atom stereocenters. The van der Waals surface area contributed by atoms with Crippen LogP contribution < -0.4 is 10.1 Å². The predicted octanol–water partition coefficient (Wildman–Crippen LogP) is 3.12. The molecular weight excluding hydrogens is 276 g/mol. The first kappa shape index (κ1) is 14.9. The van der Waals surface area contributed by atoms with Crippen LogP contribution in [0.2, 0.25) is 5.02 Å². The minimum atomic E-state index is -0.0174. The van der Waals surface area contributed by atoms with E-state index in [0.717, 1.165) is 25.7 Å². The fourth-order valence-electron chi connectivity index (χ4n) is 2.33. The second-order valence-electron chi connectivity index (χ2n) is 4.91. The number of aromatic nitrogens is 1. The van der Waals surface area contributed by atoms with Gasteiger partial charge in [-0.3, -0.25) is 4.79 Å². The van der Waals surface area contributed by atoms with Gasteiger partial charge in [0.05, 0.1) is 5.02 Å². The van der Waals surface area contributed by atoms with Crippen molar-refractivity contribution in [3.63, 3.8) is 0 Å². The van der Waals surface area contributed by atoms with Gasteiger partial charge in [-0.15, -0.1) is 0 Å². The molecule has 1 aromatic rings. The van der Waals surface area contributed by atoms with Crippen molar-refractivity contribution in [3.8, 4) is 5.88 Å². The zero-order valence-electron chi connectivity index (χ0n) is 11.5. The molecule has 0 aliphatic heterocycles. The summed E-state index contributed by atoms with van der Waals surface area (Å²) in [5.74, 6) is 0.590. The molecule has 2 rings (SSSR count). The fourth-order valence-corrected chi connectivity index (χ4v) is 2.44. The van der Waals surface area contributed by atoms with Crippen LogP contribution in [0.3, 0.4) is 0 Å². The van der Waals surface area contributed by atoms with Gasteiger partial charge >= 0.3 is 0 Å². The zero-order valence-corrected chi connectivity index (χ0v) is 12.3. The van der Waals surface area contributed by atoms with Gasteiger partial charge in [-0.25, -0.2) is 4.98 Å². The summed E-state index contributed by atoms with van der Waals surface area (Å²) < 4.78 is 5.81. The van der Waals surface area contributed by atoms with Gasteiger partial charge < -0.3 is 10.1 Å². The summed E-state index contributed by atoms with van der Waals surface area (Å²) in [5.41, 5.74) is 0. The average molecular weight is 295 g/mol. The smallest absolute Gasteiger partial charge is 0.243 e. The molecule has 0 atom stereocenters. The van der Waals surface area contributed by atoms with Crippen LogP contribution in [0.4, 0.5) is 0 Å². The number of ether oxygens (including phenoxy) is 1. The Hall–Kier alpha value is -1.55. The number of allylic oxidation sites excluding steroid dienone is 1. The molecule has 1 fully saturated rings. The lowest BCUT2D eigenvalue weighted by Crippen LogP contribution is -2.39. The largest absolute Gasteiger partial charge is 0.474 e. The Balaban J connectivity index is 1.76. The third-order valence-corrected chi connectivity index (χ3v) is 3.55. The molecule has 108 valence electrons. The maximum Gasteiger partial charge on any atom is 0.243 e. The monoisotopic (exact) mass is 294 g/mol. The first-order valence-corrected chi connectivity index (χ1v) is 7.26. The number of halogens is 1. The van der Waals surface area contributed by atoms with E-state index >= 15 is 0 Å². The molecule has 0 bridgehead atoms. The van der Waals surface area contributed by atoms with Crippen molar-refractivity contribution in [2.24, 2.45) is 0 Å². The standard InChI is InChI=1S/C15H19ClN2O2/c1-2-3-14(19)18-12-5-7-13(8-6-12)20-15-9-4-11(16)10-17-15/h2-4,9-10,12-13H,5-8H2,1H3,(H,18,19)/b3-2+. The Morgan fingerprint density at radius 1 is 1.40 bits per heavy atom. The highest BCUT2D eigenvalue weighted by Crippen LogP contribution is 2.23. The number of hydrogen-bond donors (Lipinski definition) is 1. The van der Waals surface area contributed by atoms with Gasteiger partial charge in [0.15, 0.2) is 0 Å². The van der Waals surface area contributed by atoms with E-state index in [0.29, 0.717) is 10.9 Å². The topological polar surface area (TPSA) is 51.2 Å². The van der Waals surface area contributed by atoms with Gasteiger partial charge in [-0.1, -0.05) is 17.7 Å². The van der Waals surface area contributed by atoms with Crippen molar-refractivity contribution in [1.82, 2.24) is 10.3 Å². The van der Waals surface area contributed by atoms with Crippen molar-refractivity contribution in [3.05, 3.63) is 35.5 Å². The molecular formula is C15H19ClN2O2. The van der Waals surface area contributed by atoms with E-state index in [2.05, 4.69) is 10.3 Å². The summed E-state index contributed by atoms with van der Waals surface area (Å²) in [5, 5.41) is 3.60. The van der Waals surface area contributed by atoms with E-state index in [1.54, 1.807) is 30.5 Å².